The fourth-order valence-electron chi connectivity index (χ4n) is 2.86. The molecular formula is C14H28N2OS. The van der Waals surface area contributed by atoms with Gasteiger partial charge in [-0.15, -0.1) is 0 Å². The highest BCUT2D eigenvalue weighted by atomic mass is 32.1. The molecular weight excluding hydrogens is 244 g/mol. The first kappa shape index (κ1) is 15.7. The number of hydrogen-bond donors (Lipinski definition) is 2. The fourth-order valence-corrected chi connectivity index (χ4v) is 3.21. The Labute approximate surface area is 117 Å². The van der Waals surface area contributed by atoms with Crippen molar-refractivity contribution in [3.63, 3.8) is 0 Å². The van der Waals surface area contributed by atoms with Crippen molar-refractivity contribution in [1.82, 2.24) is 10.6 Å². The third-order valence-electron chi connectivity index (χ3n) is 3.79. The summed E-state index contributed by atoms with van der Waals surface area (Å²) < 4.78 is 5.10. The summed E-state index contributed by atoms with van der Waals surface area (Å²) in [7, 11) is 1.71. The van der Waals surface area contributed by atoms with E-state index in [1.165, 1.54) is 25.7 Å². The van der Waals surface area contributed by atoms with Crippen LogP contribution in [0.4, 0.5) is 0 Å². The van der Waals surface area contributed by atoms with Crippen molar-refractivity contribution >= 4 is 17.3 Å². The number of thiocarbonyl (C=S) groups is 1. The van der Waals surface area contributed by atoms with E-state index in [-0.39, 0.29) is 6.04 Å². The van der Waals surface area contributed by atoms with Crippen molar-refractivity contribution in [2.24, 2.45) is 11.8 Å². The summed E-state index contributed by atoms with van der Waals surface area (Å²) in [5.41, 5.74) is 0. The normalized spacial score (nSPS) is 25.8. The first-order valence-corrected chi connectivity index (χ1v) is 7.51. The predicted molar refractivity (Wildman–Crippen MR) is 80.8 cm³/mol. The van der Waals surface area contributed by atoms with Crippen LogP contribution in [0.3, 0.4) is 0 Å². The molecule has 0 heterocycles. The van der Waals surface area contributed by atoms with Gasteiger partial charge in [0.2, 0.25) is 0 Å². The minimum Gasteiger partial charge on any atom is -0.383 e. The highest BCUT2D eigenvalue weighted by Gasteiger charge is 2.27. The number of hydrogen-bond acceptors (Lipinski definition) is 2. The third-order valence-corrected chi connectivity index (χ3v) is 4.02. The third kappa shape index (κ3) is 5.11. The number of ether oxygens (including phenoxy) is 1. The molecule has 3 unspecified atom stereocenters. The molecule has 4 heteroatoms. The van der Waals surface area contributed by atoms with Gasteiger partial charge in [-0.25, -0.2) is 0 Å². The molecule has 106 valence electrons. The zero-order chi connectivity index (χ0) is 13.5. The number of nitrogens with one attached hydrogen (secondary N) is 2. The zero-order valence-electron chi connectivity index (χ0n) is 12.2. The summed E-state index contributed by atoms with van der Waals surface area (Å²) >= 11 is 5.39. The number of rotatable bonds is 5. The number of methoxy groups -OCH3 is 1. The van der Waals surface area contributed by atoms with E-state index in [0.29, 0.717) is 12.6 Å². The van der Waals surface area contributed by atoms with Crippen molar-refractivity contribution in [2.45, 2.75) is 58.5 Å². The summed E-state index contributed by atoms with van der Waals surface area (Å²) in [6.45, 7) is 7.39. The van der Waals surface area contributed by atoms with E-state index in [0.717, 1.165) is 16.9 Å². The molecule has 2 N–H and O–H groups in total. The smallest absolute Gasteiger partial charge is 0.166 e. The van der Waals surface area contributed by atoms with Gasteiger partial charge in [-0.1, -0.05) is 26.7 Å². The molecule has 0 aromatic heterocycles. The van der Waals surface area contributed by atoms with Crippen LogP contribution in [0.25, 0.3) is 0 Å². The van der Waals surface area contributed by atoms with E-state index in [1.807, 2.05) is 0 Å². The van der Waals surface area contributed by atoms with E-state index in [9.17, 15) is 0 Å². The minimum absolute atomic E-state index is 0.260. The van der Waals surface area contributed by atoms with Crippen molar-refractivity contribution in [3.05, 3.63) is 0 Å². The van der Waals surface area contributed by atoms with Gasteiger partial charge in [0, 0.05) is 19.2 Å². The maximum absolute atomic E-state index is 5.39. The van der Waals surface area contributed by atoms with Crippen molar-refractivity contribution < 1.29 is 4.74 Å². The van der Waals surface area contributed by atoms with Gasteiger partial charge in [0.15, 0.2) is 5.11 Å². The molecule has 3 nitrogen and oxygen atoms in total. The van der Waals surface area contributed by atoms with E-state index in [1.54, 1.807) is 7.11 Å². The molecule has 1 fully saturated rings. The molecule has 3 atom stereocenters. The van der Waals surface area contributed by atoms with Crippen LogP contribution in [0.15, 0.2) is 0 Å². The van der Waals surface area contributed by atoms with Crippen LogP contribution in [0, 0.1) is 11.8 Å². The highest BCUT2D eigenvalue weighted by Crippen LogP contribution is 2.30. The second-order valence-corrected chi connectivity index (χ2v) is 6.18. The van der Waals surface area contributed by atoms with Gasteiger partial charge in [0.1, 0.15) is 0 Å². The Morgan fingerprint density at radius 2 is 1.94 bits per heavy atom. The standard InChI is InChI=1S/C14H28N2OS/c1-10(2)12-7-5-6-8-13(12)16-14(18)15-11(3)9-17-4/h10-13H,5-9H2,1-4H3,(H2,15,16,18). The van der Waals surface area contributed by atoms with Crippen LogP contribution in [0.1, 0.15) is 46.5 Å². The highest BCUT2D eigenvalue weighted by molar-refractivity contribution is 7.80. The summed E-state index contributed by atoms with van der Waals surface area (Å²) in [5, 5.41) is 7.56. The van der Waals surface area contributed by atoms with Gasteiger partial charge in [-0.3, -0.25) is 0 Å². The molecule has 0 amide bonds. The summed E-state index contributed by atoms with van der Waals surface area (Å²) in [4.78, 5) is 0. The van der Waals surface area contributed by atoms with Gasteiger partial charge in [-0.05, 0) is 43.8 Å². The fraction of sp³-hybridized carbons (Fsp3) is 0.929. The van der Waals surface area contributed by atoms with Crippen LogP contribution in [0.5, 0.6) is 0 Å². The molecule has 0 radical (unpaired) electrons. The Kier molecular flexibility index (Phi) is 6.94. The summed E-state index contributed by atoms with van der Waals surface area (Å²) in [6, 6.07) is 0.796. The van der Waals surface area contributed by atoms with Crippen molar-refractivity contribution in [3.8, 4) is 0 Å². The van der Waals surface area contributed by atoms with Crippen molar-refractivity contribution in [1.29, 1.82) is 0 Å². The average molecular weight is 272 g/mol. The van der Waals surface area contributed by atoms with Crippen molar-refractivity contribution in [2.75, 3.05) is 13.7 Å². The quantitative estimate of drug-likeness (QED) is 0.754. The Hall–Kier alpha value is -0.350. The molecule has 0 aliphatic heterocycles. The Morgan fingerprint density at radius 1 is 1.28 bits per heavy atom. The Bertz CT molecular complexity index is 258. The lowest BCUT2D eigenvalue weighted by Crippen LogP contribution is -2.50. The van der Waals surface area contributed by atoms with E-state index in [2.05, 4.69) is 31.4 Å². The van der Waals surface area contributed by atoms with Gasteiger partial charge in [0.05, 0.1) is 6.61 Å². The maximum Gasteiger partial charge on any atom is 0.166 e. The van der Waals surface area contributed by atoms with Gasteiger partial charge < -0.3 is 15.4 Å². The molecule has 0 saturated heterocycles. The minimum atomic E-state index is 0.260. The van der Waals surface area contributed by atoms with E-state index >= 15 is 0 Å². The maximum atomic E-state index is 5.39. The first-order valence-electron chi connectivity index (χ1n) is 7.10. The largest absolute Gasteiger partial charge is 0.383 e. The molecule has 0 spiro atoms. The lowest BCUT2D eigenvalue weighted by atomic mass is 9.78. The lowest BCUT2D eigenvalue weighted by Gasteiger charge is -2.36. The zero-order valence-corrected chi connectivity index (χ0v) is 13.0. The summed E-state index contributed by atoms with van der Waals surface area (Å²) in [6.07, 6.45) is 5.24. The van der Waals surface area contributed by atoms with Gasteiger partial charge in [0.25, 0.3) is 0 Å². The van der Waals surface area contributed by atoms with Crippen LogP contribution in [-0.4, -0.2) is 30.9 Å². The average Bonchev–Trinajstić information content (AvgIpc) is 2.29. The SMILES string of the molecule is COCC(C)NC(=S)NC1CCCCC1C(C)C. The Balaban J connectivity index is 2.41. The molecule has 18 heavy (non-hydrogen) atoms. The molecule has 1 saturated carbocycles. The van der Waals surface area contributed by atoms with Crippen LogP contribution in [-0.2, 0) is 4.74 Å². The van der Waals surface area contributed by atoms with Crippen LogP contribution in [0.2, 0.25) is 0 Å². The Morgan fingerprint density at radius 3 is 2.56 bits per heavy atom. The lowest BCUT2D eigenvalue weighted by molar-refractivity contribution is 0.178. The molecule has 0 bridgehead atoms. The van der Waals surface area contributed by atoms with Crippen LogP contribution < -0.4 is 10.6 Å². The molecule has 0 aromatic rings. The molecule has 1 aliphatic rings. The topological polar surface area (TPSA) is 33.3 Å². The van der Waals surface area contributed by atoms with E-state index in [4.69, 9.17) is 17.0 Å². The molecule has 1 rings (SSSR count). The first-order chi connectivity index (χ1) is 8.54. The monoisotopic (exact) mass is 272 g/mol. The predicted octanol–water partition coefficient (Wildman–Crippen LogP) is 2.70. The summed E-state index contributed by atoms with van der Waals surface area (Å²) in [5.74, 6) is 1.47. The van der Waals surface area contributed by atoms with E-state index < -0.39 is 0 Å². The second-order valence-electron chi connectivity index (χ2n) is 5.77. The molecule has 0 aromatic carbocycles. The van der Waals surface area contributed by atoms with Crippen LogP contribution >= 0.6 is 12.2 Å². The molecule has 1 aliphatic carbocycles. The van der Waals surface area contributed by atoms with Gasteiger partial charge >= 0.3 is 0 Å². The van der Waals surface area contributed by atoms with Gasteiger partial charge in [-0.2, -0.15) is 0 Å². The second kappa shape index (κ2) is 7.95.